The van der Waals surface area contributed by atoms with Crippen LogP contribution in [0.15, 0.2) is 60.8 Å². The minimum Gasteiger partial charge on any atom is -0.382 e. The second-order valence-corrected chi connectivity index (χ2v) is 8.59. The number of piperazine rings is 1. The van der Waals surface area contributed by atoms with Gasteiger partial charge in [-0.15, -0.1) is 0 Å². The Labute approximate surface area is 204 Å². The standard InChI is InChI=1S/C25H27ClN6O2/c26-22-8-6-20(7-9-22)24(19-4-2-1-3-5-19)31-12-10-30(11-13-31)14-15-34-18-23(33)32-25(28)21(16-27)17-29-32/h1-9,17,24H,10-15,18,28H2. The van der Waals surface area contributed by atoms with E-state index in [1.807, 2.05) is 24.3 Å². The van der Waals surface area contributed by atoms with E-state index >= 15 is 0 Å². The van der Waals surface area contributed by atoms with Crippen molar-refractivity contribution < 1.29 is 9.53 Å². The number of rotatable bonds is 8. The van der Waals surface area contributed by atoms with Gasteiger partial charge in [0.15, 0.2) is 0 Å². The van der Waals surface area contributed by atoms with Gasteiger partial charge in [0, 0.05) is 37.7 Å². The molecule has 3 aromatic rings. The summed E-state index contributed by atoms with van der Waals surface area (Å²) in [4.78, 5) is 17.0. The van der Waals surface area contributed by atoms with Crippen LogP contribution in [0, 0.1) is 11.3 Å². The van der Waals surface area contributed by atoms with Gasteiger partial charge in [0.1, 0.15) is 24.1 Å². The van der Waals surface area contributed by atoms with Gasteiger partial charge in [0.25, 0.3) is 5.91 Å². The fraction of sp³-hybridized carbons (Fsp3) is 0.320. The highest BCUT2D eigenvalue weighted by molar-refractivity contribution is 6.30. The molecule has 0 aliphatic carbocycles. The lowest BCUT2D eigenvalue weighted by Gasteiger charge is -2.39. The largest absolute Gasteiger partial charge is 0.382 e. The van der Waals surface area contributed by atoms with Gasteiger partial charge in [-0.25, -0.2) is 0 Å². The molecule has 0 amide bonds. The van der Waals surface area contributed by atoms with Gasteiger partial charge in [0.05, 0.1) is 18.8 Å². The molecule has 1 saturated heterocycles. The van der Waals surface area contributed by atoms with Crippen LogP contribution in [0.2, 0.25) is 5.02 Å². The smallest absolute Gasteiger partial charge is 0.274 e. The van der Waals surface area contributed by atoms with Crippen molar-refractivity contribution >= 4 is 23.3 Å². The first-order chi connectivity index (χ1) is 16.6. The summed E-state index contributed by atoms with van der Waals surface area (Å²) in [5.41, 5.74) is 8.41. The number of nitrogen functional groups attached to an aromatic ring is 1. The number of nitriles is 1. The zero-order valence-corrected chi connectivity index (χ0v) is 19.6. The Morgan fingerprint density at radius 3 is 2.41 bits per heavy atom. The monoisotopic (exact) mass is 478 g/mol. The topological polar surface area (TPSA) is 100 Å². The van der Waals surface area contributed by atoms with E-state index in [1.54, 1.807) is 0 Å². The molecule has 0 saturated carbocycles. The van der Waals surface area contributed by atoms with E-state index < -0.39 is 5.91 Å². The van der Waals surface area contributed by atoms with Crippen molar-refractivity contribution in [2.45, 2.75) is 6.04 Å². The van der Waals surface area contributed by atoms with Gasteiger partial charge in [0.2, 0.25) is 0 Å². The van der Waals surface area contributed by atoms with Crippen molar-refractivity contribution in [3.05, 3.63) is 82.5 Å². The van der Waals surface area contributed by atoms with Crippen molar-refractivity contribution in [3.63, 3.8) is 0 Å². The molecular weight excluding hydrogens is 452 g/mol. The van der Waals surface area contributed by atoms with Gasteiger partial charge in [-0.2, -0.15) is 15.0 Å². The number of carbonyl (C=O) groups is 1. The fourth-order valence-electron chi connectivity index (χ4n) is 4.20. The number of benzene rings is 2. The van der Waals surface area contributed by atoms with Gasteiger partial charge in [-0.05, 0) is 23.3 Å². The van der Waals surface area contributed by atoms with Gasteiger partial charge in [-0.1, -0.05) is 54.1 Å². The summed E-state index contributed by atoms with van der Waals surface area (Å²) in [6, 6.07) is 20.7. The lowest BCUT2D eigenvalue weighted by molar-refractivity contribution is 0.0517. The van der Waals surface area contributed by atoms with Crippen LogP contribution in [0.25, 0.3) is 0 Å². The molecule has 2 N–H and O–H groups in total. The van der Waals surface area contributed by atoms with Crippen LogP contribution in [-0.4, -0.2) is 71.4 Å². The minimum atomic E-state index is -0.391. The number of aromatic nitrogens is 2. The van der Waals surface area contributed by atoms with Crippen LogP contribution in [0.5, 0.6) is 0 Å². The number of nitrogens with two attached hydrogens (primary N) is 1. The molecule has 34 heavy (non-hydrogen) atoms. The van der Waals surface area contributed by atoms with E-state index in [2.05, 4.69) is 51.3 Å². The molecule has 4 rings (SSSR count). The fourth-order valence-corrected chi connectivity index (χ4v) is 4.32. The Kier molecular flexibility index (Phi) is 7.93. The predicted octanol–water partition coefficient (Wildman–Crippen LogP) is 3.05. The summed E-state index contributed by atoms with van der Waals surface area (Å²) < 4.78 is 6.57. The maximum Gasteiger partial charge on any atom is 0.274 e. The molecule has 1 aliphatic rings. The van der Waals surface area contributed by atoms with Gasteiger partial charge >= 0.3 is 0 Å². The predicted molar refractivity (Wildman–Crippen MR) is 131 cm³/mol. The van der Waals surface area contributed by atoms with Crippen molar-refractivity contribution in [1.29, 1.82) is 5.26 Å². The zero-order chi connectivity index (χ0) is 23.9. The zero-order valence-electron chi connectivity index (χ0n) is 18.8. The molecule has 176 valence electrons. The average molecular weight is 479 g/mol. The molecule has 2 aromatic carbocycles. The first-order valence-electron chi connectivity index (χ1n) is 11.2. The quantitative estimate of drug-likeness (QED) is 0.496. The van der Waals surface area contributed by atoms with Crippen molar-refractivity contribution in [3.8, 4) is 6.07 Å². The normalized spacial score (nSPS) is 15.6. The number of halogens is 1. The van der Waals surface area contributed by atoms with Crippen molar-refractivity contribution in [2.24, 2.45) is 0 Å². The molecule has 1 aromatic heterocycles. The Hall–Kier alpha value is -3.22. The molecule has 0 bridgehead atoms. The Bertz CT molecular complexity index is 1130. The average Bonchev–Trinajstić information content (AvgIpc) is 3.25. The van der Waals surface area contributed by atoms with E-state index in [0.717, 1.165) is 42.4 Å². The molecule has 1 atom stereocenters. The Balaban J connectivity index is 1.28. The highest BCUT2D eigenvalue weighted by atomic mass is 35.5. The third-order valence-corrected chi connectivity index (χ3v) is 6.27. The van der Waals surface area contributed by atoms with E-state index in [9.17, 15) is 4.79 Å². The van der Waals surface area contributed by atoms with Crippen LogP contribution < -0.4 is 5.73 Å². The van der Waals surface area contributed by atoms with Gasteiger partial charge < -0.3 is 10.5 Å². The minimum absolute atomic E-state index is 0.0425. The van der Waals surface area contributed by atoms with Crippen molar-refractivity contribution in [1.82, 2.24) is 19.6 Å². The summed E-state index contributed by atoms with van der Waals surface area (Å²) in [6.07, 6.45) is 1.28. The van der Waals surface area contributed by atoms with E-state index in [4.69, 9.17) is 27.3 Å². The van der Waals surface area contributed by atoms with Crippen LogP contribution in [0.3, 0.4) is 0 Å². The highest BCUT2D eigenvalue weighted by Gasteiger charge is 2.26. The summed E-state index contributed by atoms with van der Waals surface area (Å²) in [7, 11) is 0. The number of hydrogen-bond donors (Lipinski definition) is 1. The van der Waals surface area contributed by atoms with E-state index in [0.29, 0.717) is 6.61 Å². The van der Waals surface area contributed by atoms with E-state index in [1.165, 1.54) is 17.3 Å². The molecule has 8 nitrogen and oxygen atoms in total. The summed E-state index contributed by atoms with van der Waals surface area (Å²) in [6.45, 7) is 4.68. The summed E-state index contributed by atoms with van der Waals surface area (Å²) >= 11 is 6.12. The first kappa shape index (κ1) is 23.9. The number of hydrogen-bond acceptors (Lipinski definition) is 7. The van der Waals surface area contributed by atoms with Crippen LogP contribution in [0.1, 0.15) is 27.5 Å². The molecule has 1 aliphatic heterocycles. The van der Waals surface area contributed by atoms with Crippen LogP contribution in [-0.2, 0) is 4.74 Å². The van der Waals surface area contributed by atoms with Crippen LogP contribution in [0.4, 0.5) is 5.82 Å². The second kappa shape index (κ2) is 11.3. The molecule has 9 heteroatoms. The third kappa shape index (κ3) is 5.64. The molecule has 1 unspecified atom stereocenters. The number of anilines is 1. The Morgan fingerprint density at radius 1 is 1.09 bits per heavy atom. The maximum absolute atomic E-state index is 12.2. The molecule has 0 radical (unpaired) electrons. The van der Waals surface area contributed by atoms with E-state index in [-0.39, 0.29) is 24.0 Å². The third-order valence-electron chi connectivity index (χ3n) is 6.01. The second-order valence-electron chi connectivity index (χ2n) is 8.16. The summed E-state index contributed by atoms with van der Waals surface area (Å²) in [5.74, 6) is -0.349. The number of ether oxygens (including phenoxy) is 1. The van der Waals surface area contributed by atoms with Crippen LogP contribution >= 0.6 is 11.6 Å². The van der Waals surface area contributed by atoms with Crippen molar-refractivity contribution in [2.75, 3.05) is 51.7 Å². The first-order valence-corrected chi connectivity index (χ1v) is 11.6. The lowest BCUT2D eigenvalue weighted by atomic mass is 9.96. The maximum atomic E-state index is 12.2. The molecule has 1 fully saturated rings. The number of carbonyl (C=O) groups excluding carboxylic acids is 1. The molecule has 2 heterocycles. The lowest BCUT2D eigenvalue weighted by Crippen LogP contribution is -2.48. The highest BCUT2D eigenvalue weighted by Crippen LogP contribution is 2.30. The molecular formula is C25H27ClN6O2. The SMILES string of the molecule is N#Cc1cnn(C(=O)COCCN2CCN(C(c3ccccc3)c3ccc(Cl)cc3)CC2)c1N. The summed E-state index contributed by atoms with van der Waals surface area (Å²) in [5, 5.41) is 13.5. The number of nitrogens with zero attached hydrogens (tertiary/aromatic N) is 5. The Morgan fingerprint density at radius 2 is 1.76 bits per heavy atom. The van der Waals surface area contributed by atoms with Gasteiger partial charge in [-0.3, -0.25) is 14.6 Å². The molecule has 0 spiro atoms.